The molecule has 0 aliphatic carbocycles. The molecule has 0 radical (unpaired) electrons. The van der Waals surface area contributed by atoms with Gasteiger partial charge in [0.05, 0.1) is 7.11 Å². The van der Waals surface area contributed by atoms with Crippen LogP contribution in [-0.4, -0.2) is 23.6 Å². The van der Waals surface area contributed by atoms with Crippen molar-refractivity contribution in [2.24, 2.45) is 0 Å². The third-order valence-electron chi connectivity index (χ3n) is 3.36. The number of hydrogen-bond donors (Lipinski definition) is 1. The molecule has 1 N–H and O–H groups in total. The second kappa shape index (κ2) is 7.52. The van der Waals surface area contributed by atoms with Crippen molar-refractivity contribution in [1.29, 1.82) is 0 Å². The Hall–Kier alpha value is -1.46. The first-order valence-electron chi connectivity index (χ1n) is 6.98. The van der Waals surface area contributed by atoms with Crippen LogP contribution in [0.3, 0.4) is 0 Å². The smallest absolute Gasteiger partial charge is 0.216 e. The minimum atomic E-state index is 0.224. The molecule has 0 amide bonds. The van der Waals surface area contributed by atoms with Gasteiger partial charge in [0.15, 0.2) is 0 Å². The topological polar surface area (TPSA) is 47.0 Å². The van der Waals surface area contributed by atoms with Crippen LogP contribution in [0.15, 0.2) is 35.1 Å². The second-order valence-electron chi connectivity index (χ2n) is 4.87. The molecule has 1 unspecified atom stereocenters. The van der Waals surface area contributed by atoms with Crippen molar-refractivity contribution in [2.45, 2.75) is 26.3 Å². The number of nitrogens with one attached hydrogen (secondary N) is 1. The number of benzene rings is 1. The predicted molar refractivity (Wildman–Crippen MR) is 87.6 cm³/mol. The molecule has 112 valence electrons. The molecule has 0 aliphatic heterocycles. The minimum absolute atomic E-state index is 0.224. The summed E-state index contributed by atoms with van der Waals surface area (Å²) in [5.41, 5.74) is 3.46. The number of nitrogens with zero attached hydrogens (tertiary/aromatic N) is 2. The highest BCUT2D eigenvalue weighted by Gasteiger charge is 2.13. The van der Waals surface area contributed by atoms with Gasteiger partial charge in [-0.25, -0.2) is 9.97 Å². The molecule has 1 heterocycles. The molecule has 2 aromatic rings. The van der Waals surface area contributed by atoms with Crippen LogP contribution in [0.4, 0.5) is 0 Å². The highest BCUT2D eigenvalue weighted by molar-refractivity contribution is 9.10. The average Bonchev–Trinajstić information content (AvgIpc) is 2.50. The van der Waals surface area contributed by atoms with Gasteiger partial charge in [-0.15, -0.1) is 0 Å². The molecule has 21 heavy (non-hydrogen) atoms. The maximum absolute atomic E-state index is 5.16. The maximum Gasteiger partial charge on any atom is 0.216 e. The van der Waals surface area contributed by atoms with Crippen molar-refractivity contribution in [3.05, 3.63) is 51.9 Å². The summed E-state index contributed by atoms with van der Waals surface area (Å²) >= 11 is 3.55. The number of methoxy groups -OCH3 is 1. The van der Waals surface area contributed by atoms with Crippen molar-refractivity contribution in [1.82, 2.24) is 15.3 Å². The fourth-order valence-electron chi connectivity index (χ4n) is 2.25. The molecule has 0 fully saturated rings. The van der Waals surface area contributed by atoms with Crippen molar-refractivity contribution < 1.29 is 4.74 Å². The van der Waals surface area contributed by atoms with Crippen LogP contribution in [0, 0.1) is 6.92 Å². The lowest BCUT2D eigenvalue weighted by molar-refractivity contribution is 0.395. The molecule has 0 saturated carbocycles. The molecule has 0 saturated heterocycles. The van der Waals surface area contributed by atoms with E-state index >= 15 is 0 Å². The van der Waals surface area contributed by atoms with Gasteiger partial charge in [-0.3, -0.25) is 0 Å². The zero-order valence-electron chi connectivity index (χ0n) is 12.6. The zero-order valence-corrected chi connectivity index (χ0v) is 14.1. The standard InChI is InChI=1S/C16H20BrN3O/c1-4-18-15(12-5-6-14(17)11(2)7-12)8-13-9-16(21-3)20-10-19-13/h5-7,9-10,15,18H,4,8H2,1-3H3. The van der Waals surface area contributed by atoms with Crippen molar-refractivity contribution in [3.63, 3.8) is 0 Å². The maximum atomic E-state index is 5.16. The molecule has 1 atom stereocenters. The largest absolute Gasteiger partial charge is 0.481 e. The van der Waals surface area contributed by atoms with E-state index in [0.29, 0.717) is 5.88 Å². The zero-order chi connectivity index (χ0) is 15.2. The number of aromatic nitrogens is 2. The van der Waals surface area contributed by atoms with Crippen molar-refractivity contribution in [3.8, 4) is 5.88 Å². The highest BCUT2D eigenvalue weighted by atomic mass is 79.9. The molecular formula is C16H20BrN3O. The SMILES string of the molecule is CCNC(Cc1cc(OC)ncn1)c1ccc(Br)c(C)c1. The predicted octanol–water partition coefficient (Wildman–Crippen LogP) is 3.45. The molecule has 1 aromatic carbocycles. The van der Waals surface area contributed by atoms with Gasteiger partial charge in [-0.05, 0) is 30.7 Å². The number of hydrogen-bond acceptors (Lipinski definition) is 4. The number of ether oxygens (including phenoxy) is 1. The van der Waals surface area contributed by atoms with E-state index in [-0.39, 0.29) is 6.04 Å². The summed E-state index contributed by atoms with van der Waals surface area (Å²) in [6.07, 6.45) is 2.35. The lowest BCUT2D eigenvalue weighted by atomic mass is 10.00. The quantitative estimate of drug-likeness (QED) is 0.867. The van der Waals surface area contributed by atoms with Crippen LogP contribution in [0.1, 0.15) is 29.8 Å². The normalized spacial score (nSPS) is 12.2. The summed E-state index contributed by atoms with van der Waals surface area (Å²) in [5, 5.41) is 3.52. The van der Waals surface area contributed by atoms with Gasteiger partial charge < -0.3 is 10.1 Å². The van der Waals surface area contributed by atoms with E-state index in [1.165, 1.54) is 11.1 Å². The monoisotopic (exact) mass is 349 g/mol. The Kier molecular flexibility index (Phi) is 5.70. The number of aryl methyl sites for hydroxylation is 1. The molecule has 0 aliphatic rings. The van der Waals surface area contributed by atoms with Crippen LogP contribution in [0.2, 0.25) is 0 Å². The van der Waals surface area contributed by atoms with Gasteiger partial charge in [0.1, 0.15) is 6.33 Å². The summed E-state index contributed by atoms with van der Waals surface area (Å²) in [6, 6.07) is 8.55. The van der Waals surface area contributed by atoms with E-state index < -0.39 is 0 Å². The van der Waals surface area contributed by atoms with Gasteiger partial charge in [0.25, 0.3) is 0 Å². The van der Waals surface area contributed by atoms with E-state index in [2.05, 4.69) is 63.3 Å². The number of likely N-dealkylation sites (N-methyl/N-ethyl adjacent to an activating group) is 1. The Morgan fingerprint density at radius 2 is 2.10 bits per heavy atom. The van der Waals surface area contributed by atoms with Crippen LogP contribution in [0.5, 0.6) is 5.88 Å². The summed E-state index contributed by atoms with van der Waals surface area (Å²) < 4.78 is 6.29. The molecule has 2 rings (SSSR count). The van der Waals surface area contributed by atoms with Gasteiger partial charge in [-0.1, -0.05) is 35.0 Å². The first-order valence-corrected chi connectivity index (χ1v) is 7.77. The fraction of sp³-hybridized carbons (Fsp3) is 0.375. The van der Waals surface area contributed by atoms with E-state index in [1.54, 1.807) is 13.4 Å². The molecule has 0 bridgehead atoms. The molecule has 5 heteroatoms. The summed E-state index contributed by atoms with van der Waals surface area (Å²) in [5.74, 6) is 0.599. The second-order valence-corrected chi connectivity index (χ2v) is 5.73. The third-order valence-corrected chi connectivity index (χ3v) is 4.25. The van der Waals surface area contributed by atoms with Gasteiger partial charge in [0, 0.05) is 28.7 Å². The van der Waals surface area contributed by atoms with Crippen molar-refractivity contribution in [2.75, 3.05) is 13.7 Å². The highest BCUT2D eigenvalue weighted by Crippen LogP contribution is 2.24. The molecule has 1 aromatic heterocycles. The Labute approximate surface area is 134 Å². The number of halogens is 1. The van der Waals surface area contributed by atoms with Crippen LogP contribution >= 0.6 is 15.9 Å². The van der Waals surface area contributed by atoms with Crippen LogP contribution < -0.4 is 10.1 Å². The van der Waals surface area contributed by atoms with Gasteiger partial charge in [-0.2, -0.15) is 0 Å². The lowest BCUT2D eigenvalue weighted by Crippen LogP contribution is -2.23. The van der Waals surface area contributed by atoms with E-state index in [1.807, 2.05) is 6.07 Å². The number of rotatable bonds is 6. The lowest BCUT2D eigenvalue weighted by Gasteiger charge is -2.19. The van der Waals surface area contributed by atoms with Gasteiger partial charge >= 0.3 is 0 Å². The summed E-state index contributed by atoms with van der Waals surface area (Å²) in [4.78, 5) is 8.38. The summed E-state index contributed by atoms with van der Waals surface area (Å²) in [6.45, 7) is 5.12. The average molecular weight is 350 g/mol. The van der Waals surface area contributed by atoms with E-state index in [9.17, 15) is 0 Å². The van der Waals surface area contributed by atoms with Crippen LogP contribution in [0.25, 0.3) is 0 Å². The Morgan fingerprint density at radius 3 is 2.76 bits per heavy atom. The Balaban J connectivity index is 2.23. The Morgan fingerprint density at radius 1 is 1.29 bits per heavy atom. The first-order chi connectivity index (χ1) is 10.1. The summed E-state index contributed by atoms with van der Waals surface area (Å²) in [7, 11) is 1.62. The van der Waals surface area contributed by atoms with E-state index in [4.69, 9.17) is 4.74 Å². The van der Waals surface area contributed by atoms with E-state index in [0.717, 1.165) is 23.1 Å². The Bertz CT molecular complexity index is 604. The molecular weight excluding hydrogens is 330 g/mol. The van der Waals surface area contributed by atoms with Gasteiger partial charge in [0.2, 0.25) is 5.88 Å². The molecule has 4 nitrogen and oxygen atoms in total. The van der Waals surface area contributed by atoms with Crippen LogP contribution in [-0.2, 0) is 6.42 Å². The first kappa shape index (κ1) is 15.9. The molecule has 0 spiro atoms. The fourth-order valence-corrected chi connectivity index (χ4v) is 2.49. The van der Waals surface area contributed by atoms with Crippen molar-refractivity contribution >= 4 is 15.9 Å². The third kappa shape index (κ3) is 4.25. The minimum Gasteiger partial charge on any atom is -0.481 e.